The van der Waals surface area contributed by atoms with Gasteiger partial charge >= 0.3 is 6.09 Å². The van der Waals surface area contributed by atoms with Crippen molar-refractivity contribution < 1.29 is 19.1 Å². The number of carbonyl (C=O) groups is 3. The third-order valence-electron chi connectivity index (χ3n) is 5.27. The van der Waals surface area contributed by atoms with Gasteiger partial charge in [0.05, 0.1) is 6.61 Å². The molecule has 154 valence electrons. The maximum atomic E-state index is 13.3. The molecule has 1 saturated heterocycles. The van der Waals surface area contributed by atoms with Crippen LogP contribution in [0, 0.1) is 0 Å². The monoisotopic (exact) mass is 405 g/mol. The Kier molecular flexibility index (Phi) is 5.52. The van der Waals surface area contributed by atoms with E-state index < -0.39 is 11.7 Å². The van der Waals surface area contributed by atoms with Crippen LogP contribution in [0.3, 0.4) is 0 Å². The number of fused-ring (bicyclic) bond motifs is 1. The van der Waals surface area contributed by atoms with Crippen LogP contribution in [0.25, 0.3) is 16.6 Å². The number of aromatic nitrogens is 1. The minimum atomic E-state index is -0.556. The first-order valence-corrected chi connectivity index (χ1v) is 10.0. The van der Waals surface area contributed by atoms with E-state index in [4.69, 9.17) is 4.74 Å². The predicted molar refractivity (Wildman–Crippen MR) is 112 cm³/mol. The molecule has 7 nitrogen and oxygen atoms in total. The summed E-state index contributed by atoms with van der Waals surface area (Å²) in [6.07, 6.45) is 1.40. The standard InChI is InChI=1S/C23H23N3O4/c1-2-30-23(29)25-14-12-24(13-15-25)22(28)21(27)20-19(17-8-4-3-5-9-17)16-18-10-6-7-11-26(18)20/h3-11,16H,2,12-15H2,1H3. The van der Waals surface area contributed by atoms with Gasteiger partial charge in [-0.25, -0.2) is 4.79 Å². The van der Waals surface area contributed by atoms with Crippen LogP contribution in [0.1, 0.15) is 17.4 Å². The Morgan fingerprint density at radius 2 is 1.57 bits per heavy atom. The minimum Gasteiger partial charge on any atom is -0.450 e. The smallest absolute Gasteiger partial charge is 0.409 e. The highest BCUT2D eigenvalue weighted by Crippen LogP contribution is 2.28. The predicted octanol–water partition coefficient (Wildman–Crippen LogP) is 3.09. The molecule has 0 atom stereocenters. The Labute approximate surface area is 174 Å². The zero-order chi connectivity index (χ0) is 21.1. The van der Waals surface area contributed by atoms with E-state index in [2.05, 4.69) is 0 Å². The molecular formula is C23H23N3O4. The number of ketones is 1. The second-order valence-electron chi connectivity index (χ2n) is 7.08. The maximum absolute atomic E-state index is 13.3. The third kappa shape index (κ3) is 3.66. The van der Waals surface area contributed by atoms with Gasteiger partial charge in [-0.2, -0.15) is 0 Å². The molecule has 0 N–H and O–H groups in total. The minimum absolute atomic E-state index is 0.299. The van der Waals surface area contributed by atoms with Crippen molar-refractivity contribution in [1.82, 2.24) is 14.2 Å². The average molecular weight is 405 g/mol. The first-order valence-electron chi connectivity index (χ1n) is 10.0. The molecule has 1 aliphatic rings. The molecule has 3 heterocycles. The zero-order valence-electron chi connectivity index (χ0n) is 16.8. The quantitative estimate of drug-likeness (QED) is 0.494. The van der Waals surface area contributed by atoms with Crippen LogP contribution in [0.4, 0.5) is 4.79 Å². The van der Waals surface area contributed by atoms with Crippen LogP contribution in [-0.4, -0.2) is 64.8 Å². The Balaban J connectivity index is 1.61. The summed E-state index contributed by atoms with van der Waals surface area (Å²) in [6, 6.07) is 17.1. The van der Waals surface area contributed by atoms with E-state index in [0.717, 1.165) is 16.6 Å². The fourth-order valence-corrected chi connectivity index (χ4v) is 3.74. The van der Waals surface area contributed by atoms with Crippen molar-refractivity contribution in [1.29, 1.82) is 0 Å². The Morgan fingerprint density at radius 3 is 2.27 bits per heavy atom. The summed E-state index contributed by atoms with van der Waals surface area (Å²) >= 11 is 0. The summed E-state index contributed by atoms with van der Waals surface area (Å²) in [6.45, 7) is 3.35. The second-order valence-corrected chi connectivity index (χ2v) is 7.08. The van der Waals surface area contributed by atoms with Gasteiger partial charge in [-0.1, -0.05) is 36.4 Å². The van der Waals surface area contributed by atoms with Crippen LogP contribution in [-0.2, 0) is 9.53 Å². The Bertz CT molecular complexity index is 1080. The number of hydrogen-bond acceptors (Lipinski definition) is 4. The van der Waals surface area contributed by atoms with Gasteiger partial charge in [-0.3, -0.25) is 9.59 Å². The van der Waals surface area contributed by atoms with Crippen molar-refractivity contribution in [2.45, 2.75) is 6.92 Å². The zero-order valence-corrected chi connectivity index (χ0v) is 16.8. The van der Waals surface area contributed by atoms with Gasteiger partial charge in [-0.15, -0.1) is 0 Å². The summed E-state index contributed by atoms with van der Waals surface area (Å²) in [5.41, 5.74) is 2.81. The van der Waals surface area contributed by atoms with Gasteiger partial charge in [0, 0.05) is 43.5 Å². The number of carbonyl (C=O) groups excluding carboxylic acids is 3. The summed E-state index contributed by atoms with van der Waals surface area (Å²) in [7, 11) is 0. The molecule has 1 aliphatic heterocycles. The molecule has 30 heavy (non-hydrogen) atoms. The third-order valence-corrected chi connectivity index (χ3v) is 5.27. The highest BCUT2D eigenvalue weighted by Gasteiger charge is 2.31. The summed E-state index contributed by atoms with van der Waals surface area (Å²) in [4.78, 5) is 41.3. The molecule has 0 unspecified atom stereocenters. The summed E-state index contributed by atoms with van der Waals surface area (Å²) < 4.78 is 6.77. The van der Waals surface area contributed by atoms with Crippen molar-refractivity contribution in [2.24, 2.45) is 0 Å². The average Bonchev–Trinajstić information content (AvgIpc) is 3.18. The lowest BCUT2D eigenvalue weighted by atomic mass is 10.0. The van der Waals surface area contributed by atoms with Gasteiger partial charge in [0.25, 0.3) is 11.7 Å². The second kappa shape index (κ2) is 8.41. The fraction of sp³-hybridized carbons (Fsp3) is 0.261. The van der Waals surface area contributed by atoms with Gasteiger partial charge < -0.3 is 18.9 Å². The number of pyridine rings is 1. The van der Waals surface area contributed by atoms with E-state index in [9.17, 15) is 14.4 Å². The van der Waals surface area contributed by atoms with E-state index in [1.165, 1.54) is 4.90 Å². The van der Waals surface area contributed by atoms with Crippen LogP contribution < -0.4 is 0 Å². The summed E-state index contributed by atoms with van der Waals surface area (Å²) in [5.74, 6) is -1.11. The number of rotatable bonds is 4. The van der Waals surface area contributed by atoms with Gasteiger partial charge in [0.15, 0.2) is 0 Å². The van der Waals surface area contributed by atoms with Crippen molar-refractivity contribution in [3.63, 3.8) is 0 Å². The molecule has 1 aromatic carbocycles. The van der Waals surface area contributed by atoms with E-state index >= 15 is 0 Å². The number of hydrogen-bond donors (Lipinski definition) is 0. The maximum Gasteiger partial charge on any atom is 0.409 e. The molecule has 3 aromatic rings. The first-order chi connectivity index (χ1) is 14.6. The number of piperazine rings is 1. The van der Waals surface area contributed by atoms with Gasteiger partial charge in [0.1, 0.15) is 5.69 Å². The van der Waals surface area contributed by atoms with Crippen LogP contribution >= 0.6 is 0 Å². The van der Waals surface area contributed by atoms with Crippen molar-refractivity contribution in [3.8, 4) is 11.1 Å². The number of ether oxygens (including phenoxy) is 1. The number of Topliss-reactive ketones (excluding diaryl/α,β-unsaturated/α-hetero) is 1. The van der Waals surface area contributed by atoms with Crippen LogP contribution in [0.15, 0.2) is 60.8 Å². The van der Waals surface area contributed by atoms with Crippen molar-refractivity contribution in [3.05, 3.63) is 66.5 Å². The highest BCUT2D eigenvalue weighted by atomic mass is 16.6. The van der Waals surface area contributed by atoms with E-state index in [-0.39, 0.29) is 6.09 Å². The molecule has 0 spiro atoms. The largest absolute Gasteiger partial charge is 0.450 e. The fourth-order valence-electron chi connectivity index (χ4n) is 3.74. The summed E-state index contributed by atoms with van der Waals surface area (Å²) in [5, 5.41) is 0. The number of benzene rings is 1. The lowest BCUT2D eigenvalue weighted by Crippen LogP contribution is -2.52. The van der Waals surface area contributed by atoms with Crippen molar-refractivity contribution >= 4 is 23.3 Å². The Hall–Kier alpha value is -3.61. The number of nitrogens with zero attached hydrogens (tertiary/aromatic N) is 3. The van der Waals surface area contributed by atoms with E-state index in [1.54, 1.807) is 22.4 Å². The van der Waals surface area contributed by atoms with Crippen LogP contribution in [0.5, 0.6) is 0 Å². The van der Waals surface area contributed by atoms with Crippen LogP contribution in [0.2, 0.25) is 0 Å². The highest BCUT2D eigenvalue weighted by molar-refractivity contribution is 6.43. The number of amides is 2. The molecular weight excluding hydrogens is 382 g/mol. The van der Waals surface area contributed by atoms with E-state index in [0.29, 0.717) is 38.5 Å². The molecule has 0 bridgehead atoms. The lowest BCUT2D eigenvalue weighted by molar-refractivity contribution is -0.128. The molecule has 0 radical (unpaired) electrons. The Morgan fingerprint density at radius 1 is 0.900 bits per heavy atom. The normalized spacial score (nSPS) is 14.0. The molecule has 2 aromatic heterocycles. The molecule has 0 aliphatic carbocycles. The first kappa shape index (κ1) is 19.7. The lowest BCUT2D eigenvalue weighted by Gasteiger charge is -2.33. The molecule has 0 saturated carbocycles. The van der Waals surface area contributed by atoms with Gasteiger partial charge in [-0.05, 0) is 30.7 Å². The van der Waals surface area contributed by atoms with Crippen molar-refractivity contribution in [2.75, 3.05) is 32.8 Å². The topological polar surface area (TPSA) is 71.3 Å². The van der Waals surface area contributed by atoms with Gasteiger partial charge in [0.2, 0.25) is 0 Å². The molecule has 1 fully saturated rings. The molecule has 2 amide bonds. The molecule has 7 heteroatoms. The van der Waals surface area contributed by atoms with E-state index in [1.807, 2.05) is 54.6 Å². The SMILES string of the molecule is CCOC(=O)N1CCN(C(=O)C(=O)c2c(-c3ccccc3)cc3ccccn23)CC1. The molecule has 4 rings (SSSR count).